The molecule has 0 amide bonds. The summed E-state index contributed by atoms with van der Waals surface area (Å²) in [4.78, 5) is 4.51. The fourth-order valence-electron chi connectivity index (χ4n) is 0.273. The molecule has 0 aliphatic carbocycles. The first kappa shape index (κ1) is 7.80. The van der Waals surface area contributed by atoms with Gasteiger partial charge in [0.1, 0.15) is 0 Å². The van der Waals surface area contributed by atoms with E-state index in [9.17, 15) is 0 Å². The van der Waals surface area contributed by atoms with Crippen molar-refractivity contribution in [3.8, 4) is 0 Å². The van der Waals surface area contributed by atoms with Gasteiger partial charge in [-0.1, -0.05) is 0 Å². The molecule has 0 aliphatic rings. The van der Waals surface area contributed by atoms with Crippen LogP contribution in [0.3, 0.4) is 0 Å². The van der Waals surface area contributed by atoms with Crippen molar-refractivity contribution in [2.24, 2.45) is 0 Å². The Kier molecular flexibility index (Phi) is 4.82. The molecule has 0 aromatic rings. The summed E-state index contributed by atoms with van der Waals surface area (Å²) in [7, 11) is 4.86. The predicted octanol–water partition coefficient (Wildman–Crippen LogP) is -0.593. The molecule has 8 heavy (non-hydrogen) atoms. The highest BCUT2D eigenvalue weighted by atomic mass is 16.7. The lowest BCUT2D eigenvalue weighted by Crippen LogP contribution is -2.41. The molecule has 5 nitrogen and oxygen atoms in total. The van der Waals surface area contributed by atoms with E-state index in [0.29, 0.717) is 0 Å². The van der Waals surface area contributed by atoms with Crippen LogP contribution in [0.5, 0.6) is 0 Å². The van der Waals surface area contributed by atoms with E-state index in [4.69, 9.17) is 0 Å². The molecular formula is C3H11N4O-. The van der Waals surface area contributed by atoms with Crippen LogP contribution in [0.25, 0.3) is 5.43 Å². The highest BCUT2D eigenvalue weighted by Crippen LogP contribution is 1.78. The zero-order valence-electron chi connectivity index (χ0n) is 5.30. The Balaban J connectivity index is 3.07. The molecule has 0 aromatic carbocycles. The molecule has 0 rings (SSSR count). The Morgan fingerprint density at radius 3 is 2.38 bits per heavy atom. The molecule has 5 heteroatoms. The Morgan fingerprint density at radius 1 is 1.62 bits per heavy atom. The number of nitrogens with zero attached hydrogens (tertiary/aromatic N) is 2. The van der Waals surface area contributed by atoms with Gasteiger partial charge in [-0.25, -0.2) is 0 Å². The normalized spacial score (nSPS) is 10.5. The number of nitrogens with one attached hydrogen (secondary N) is 2. The number of rotatable bonds is 4. The predicted molar refractivity (Wildman–Crippen MR) is 30.3 cm³/mol. The second-order valence-corrected chi connectivity index (χ2v) is 1.03. The second kappa shape index (κ2) is 4.95. The van der Waals surface area contributed by atoms with Crippen LogP contribution in [0.15, 0.2) is 0 Å². The quantitative estimate of drug-likeness (QED) is 0.485. The third kappa shape index (κ3) is 2.89. The van der Waals surface area contributed by atoms with E-state index in [-0.39, 0.29) is 0 Å². The molecule has 50 valence electrons. The maximum Gasteiger partial charge on any atom is 0.0588 e. The van der Waals surface area contributed by atoms with Crippen LogP contribution in [-0.2, 0) is 4.84 Å². The van der Waals surface area contributed by atoms with Crippen molar-refractivity contribution in [1.82, 2.24) is 16.2 Å². The van der Waals surface area contributed by atoms with Crippen molar-refractivity contribution in [2.45, 2.75) is 0 Å². The SMILES string of the molecule is C[N-]N(NC)NOC. The third-order valence-corrected chi connectivity index (χ3v) is 0.590. The van der Waals surface area contributed by atoms with Crippen molar-refractivity contribution >= 4 is 0 Å². The highest BCUT2D eigenvalue weighted by molar-refractivity contribution is 4.53. The first-order chi connectivity index (χ1) is 3.85. The van der Waals surface area contributed by atoms with Crippen LogP contribution < -0.4 is 11.0 Å². The number of hydrogen-bond acceptors (Lipinski definition) is 4. The molecule has 0 spiro atoms. The molecule has 2 N–H and O–H groups in total. The number of hydrazine groups is 2. The largest absolute Gasteiger partial charge is 0.565 e. The molecule has 0 saturated heterocycles. The minimum absolute atomic E-state index is 1.33. The summed E-state index contributed by atoms with van der Waals surface area (Å²) in [6.07, 6.45) is 0. The summed E-state index contributed by atoms with van der Waals surface area (Å²) in [5, 5.41) is 1.33. The monoisotopic (exact) mass is 119 g/mol. The fraction of sp³-hybridized carbons (Fsp3) is 1.00. The Hall–Kier alpha value is -0.200. The lowest BCUT2D eigenvalue weighted by molar-refractivity contribution is -0.0580. The van der Waals surface area contributed by atoms with Crippen LogP contribution in [-0.4, -0.2) is 26.4 Å². The van der Waals surface area contributed by atoms with E-state index in [1.165, 1.54) is 12.3 Å². The summed E-state index contributed by atoms with van der Waals surface area (Å²) in [6, 6.07) is 0. The first-order valence-electron chi connectivity index (χ1n) is 2.21. The molecule has 0 bridgehead atoms. The van der Waals surface area contributed by atoms with Gasteiger partial charge in [0.05, 0.1) is 7.11 Å². The highest BCUT2D eigenvalue weighted by Gasteiger charge is 1.78. The average molecular weight is 119 g/mol. The molecule has 0 saturated carbocycles. The van der Waals surface area contributed by atoms with E-state index in [2.05, 4.69) is 21.3 Å². The summed E-state index contributed by atoms with van der Waals surface area (Å²) in [5.74, 6) is 0. The minimum atomic E-state index is 1.33. The topological polar surface area (TPSA) is 50.6 Å². The van der Waals surface area contributed by atoms with Gasteiger partial charge in [-0.15, -0.1) is 12.6 Å². The van der Waals surface area contributed by atoms with Crippen LogP contribution in [0.4, 0.5) is 0 Å². The van der Waals surface area contributed by atoms with Gasteiger partial charge in [-0.05, 0) is 7.05 Å². The molecule has 0 aromatic heterocycles. The van der Waals surface area contributed by atoms with Gasteiger partial charge in [0.15, 0.2) is 0 Å². The van der Waals surface area contributed by atoms with E-state index < -0.39 is 0 Å². The summed E-state index contributed by atoms with van der Waals surface area (Å²) >= 11 is 0. The Labute approximate surface area is 48.9 Å². The Bertz CT molecular complexity index is 46.5. The standard InChI is InChI=1S/C3H11N4O/c1-4-7(5-2)6-8-3/h4,6H,1-3H3/q-1. The van der Waals surface area contributed by atoms with Gasteiger partial charge in [-0.2, -0.15) is 0 Å². The molecular weight excluding hydrogens is 108 g/mol. The third-order valence-electron chi connectivity index (χ3n) is 0.590. The van der Waals surface area contributed by atoms with Gasteiger partial charge < -0.3 is 5.43 Å². The van der Waals surface area contributed by atoms with Crippen molar-refractivity contribution < 1.29 is 4.84 Å². The fourth-order valence-corrected chi connectivity index (χ4v) is 0.273. The van der Waals surface area contributed by atoms with Crippen molar-refractivity contribution in [1.29, 1.82) is 0 Å². The Morgan fingerprint density at radius 2 is 2.25 bits per heavy atom. The second-order valence-electron chi connectivity index (χ2n) is 1.03. The zero-order chi connectivity index (χ0) is 6.41. The average Bonchev–Trinajstić information content (AvgIpc) is 1.83. The molecule has 0 heterocycles. The molecule has 0 radical (unpaired) electrons. The van der Waals surface area contributed by atoms with Crippen molar-refractivity contribution in [3.05, 3.63) is 5.43 Å². The summed E-state index contributed by atoms with van der Waals surface area (Å²) < 4.78 is 0. The van der Waals surface area contributed by atoms with E-state index in [1.54, 1.807) is 14.1 Å². The zero-order valence-corrected chi connectivity index (χ0v) is 5.30. The maximum atomic E-state index is 4.51. The van der Waals surface area contributed by atoms with E-state index >= 15 is 0 Å². The summed E-state index contributed by atoms with van der Waals surface area (Å²) in [6.45, 7) is 0. The van der Waals surface area contributed by atoms with Gasteiger partial charge in [-0.3, -0.25) is 15.5 Å². The molecule has 0 unspecified atom stereocenters. The minimum Gasteiger partial charge on any atom is -0.565 e. The van der Waals surface area contributed by atoms with Gasteiger partial charge >= 0.3 is 0 Å². The molecule has 0 fully saturated rings. The first-order valence-corrected chi connectivity index (χ1v) is 2.21. The lowest BCUT2D eigenvalue weighted by Gasteiger charge is -2.31. The smallest absolute Gasteiger partial charge is 0.0588 e. The van der Waals surface area contributed by atoms with Crippen molar-refractivity contribution in [2.75, 3.05) is 21.2 Å². The van der Waals surface area contributed by atoms with E-state index in [1.807, 2.05) is 0 Å². The number of hydrogen-bond donors (Lipinski definition) is 2. The van der Waals surface area contributed by atoms with Crippen molar-refractivity contribution in [3.63, 3.8) is 0 Å². The van der Waals surface area contributed by atoms with Crippen LogP contribution in [0, 0.1) is 0 Å². The van der Waals surface area contributed by atoms with Gasteiger partial charge in [0.2, 0.25) is 0 Å². The van der Waals surface area contributed by atoms with Crippen LogP contribution in [0.2, 0.25) is 0 Å². The van der Waals surface area contributed by atoms with E-state index in [0.717, 1.165) is 0 Å². The summed E-state index contributed by atoms with van der Waals surface area (Å²) in [5.41, 5.74) is 8.80. The molecule has 0 atom stereocenters. The van der Waals surface area contributed by atoms with Crippen LogP contribution in [0.1, 0.15) is 0 Å². The van der Waals surface area contributed by atoms with Crippen LogP contribution >= 0.6 is 0 Å². The van der Waals surface area contributed by atoms with Gasteiger partial charge in [0.25, 0.3) is 0 Å². The van der Waals surface area contributed by atoms with Gasteiger partial charge in [0, 0.05) is 0 Å². The molecule has 0 aliphatic heterocycles. The maximum absolute atomic E-state index is 4.51. The lowest BCUT2D eigenvalue weighted by atomic mass is 11.4.